The molecule has 2 nitrogen and oxygen atoms in total. The van der Waals surface area contributed by atoms with Crippen LogP contribution in [0.25, 0.3) is 0 Å². The van der Waals surface area contributed by atoms with Crippen molar-refractivity contribution in [3.05, 3.63) is 24.3 Å². The molecule has 0 aliphatic carbocycles. The first kappa shape index (κ1) is 12.9. The van der Waals surface area contributed by atoms with Crippen molar-refractivity contribution in [2.45, 2.75) is 39.5 Å². The smallest absolute Gasteiger partial charge is 0.0341 e. The molecule has 0 unspecified atom stereocenters. The highest BCUT2D eigenvalue weighted by molar-refractivity contribution is 5.50. The molecule has 0 saturated heterocycles. The van der Waals surface area contributed by atoms with Gasteiger partial charge in [-0.25, -0.2) is 0 Å². The van der Waals surface area contributed by atoms with Gasteiger partial charge >= 0.3 is 0 Å². The Morgan fingerprint density at radius 1 is 1.06 bits per heavy atom. The van der Waals surface area contributed by atoms with Crippen molar-refractivity contribution in [1.82, 2.24) is 0 Å². The van der Waals surface area contributed by atoms with Gasteiger partial charge in [0.1, 0.15) is 0 Å². The first-order chi connectivity index (χ1) is 7.68. The number of anilines is 2. The minimum absolute atomic E-state index is 0.822. The molecule has 1 rings (SSSR count). The Bertz CT molecular complexity index is 277. The second-order valence-corrected chi connectivity index (χ2v) is 4.79. The molecule has 0 bridgehead atoms. The van der Waals surface area contributed by atoms with E-state index in [-0.39, 0.29) is 0 Å². The molecule has 0 radical (unpaired) electrons. The highest BCUT2D eigenvalue weighted by Crippen LogP contribution is 2.11. The van der Waals surface area contributed by atoms with Crippen LogP contribution in [0.1, 0.15) is 39.5 Å². The molecule has 0 atom stereocenters. The average molecular weight is 220 g/mol. The summed E-state index contributed by atoms with van der Waals surface area (Å²) in [5, 5.41) is 3.40. The zero-order valence-electron chi connectivity index (χ0n) is 10.5. The van der Waals surface area contributed by atoms with Crippen LogP contribution in [-0.2, 0) is 0 Å². The molecule has 2 heteroatoms. The summed E-state index contributed by atoms with van der Waals surface area (Å²) in [6.07, 6.45) is 5.26. The molecule has 0 amide bonds. The summed E-state index contributed by atoms with van der Waals surface area (Å²) in [7, 11) is 0. The topological polar surface area (TPSA) is 38.0 Å². The van der Waals surface area contributed by atoms with Crippen LogP contribution < -0.4 is 11.1 Å². The minimum Gasteiger partial charge on any atom is -0.399 e. The van der Waals surface area contributed by atoms with Crippen LogP contribution in [-0.4, -0.2) is 6.54 Å². The lowest BCUT2D eigenvalue weighted by Crippen LogP contribution is -2.01. The van der Waals surface area contributed by atoms with E-state index in [0.717, 1.165) is 23.8 Å². The number of unbranched alkanes of at least 4 members (excludes halogenated alkanes) is 2. The summed E-state index contributed by atoms with van der Waals surface area (Å²) in [5.74, 6) is 0.838. The molecule has 3 N–H and O–H groups in total. The fraction of sp³-hybridized carbons (Fsp3) is 0.571. The van der Waals surface area contributed by atoms with Crippen molar-refractivity contribution < 1.29 is 0 Å². The van der Waals surface area contributed by atoms with Gasteiger partial charge in [0, 0.05) is 17.9 Å². The number of hydrogen-bond donors (Lipinski definition) is 2. The number of nitrogens with one attached hydrogen (secondary N) is 1. The molecule has 0 fully saturated rings. The average Bonchev–Trinajstić information content (AvgIpc) is 2.25. The van der Waals surface area contributed by atoms with Gasteiger partial charge in [-0.2, -0.15) is 0 Å². The lowest BCUT2D eigenvalue weighted by molar-refractivity contribution is 0.531. The maximum absolute atomic E-state index is 5.62. The van der Waals surface area contributed by atoms with Crippen LogP contribution in [0.5, 0.6) is 0 Å². The number of nitrogen functional groups attached to an aromatic ring is 1. The number of benzene rings is 1. The van der Waals surface area contributed by atoms with Crippen molar-refractivity contribution in [2.75, 3.05) is 17.6 Å². The molecule has 0 aliphatic heterocycles. The molecule has 1 aromatic carbocycles. The van der Waals surface area contributed by atoms with Crippen molar-refractivity contribution in [1.29, 1.82) is 0 Å². The minimum atomic E-state index is 0.822. The van der Waals surface area contributed by atoms with E-state index in [9.17, 15) is 0 Å². The van der Waals surface area contributed by atoms with Gasteiger partial charge in [-0.05, 0) is 36.6 Å². The molecule has 0 saturated carbocycles. The van der Waals surface area contributed by atoms with E-state index < -0.39 is 0 Å². The maximum Gasteiger partial charge on any atom is 0.0341 e. The highest BCUT2D eigenvalue weighted by atomic mass is 14.9. The van der Waals surface area contributed by atoms with Gasteiger partial charge in [-0.1, -0.05) is 33.1 Å². The van der Waals surface area contributed by atoms with E-state index in [4.69, 9.17) is 5.73 Å². The Morgan fingerprint density at radius 2 is 1.75 bits per heavy atom. The summed E-state index contributed by atoms with van der Waals surface area (Å²) in [4.78, 5) is 0. The first-order valence-electron chi connectivity index (χ1n) is 6.28. The first-order valence-corrected chi connectivity index (χ1v) is 6.28. The fourth-order valence-electron chi connectivity index (χ4n) is 1.69. The molecular weight excluding hydrogens is 196 g/mol. The van der Waals surface area contributed by atoms with Gasteiger partial charge in [-0.15, -0.1) is 0 Å². The SMILES string of the molecule is CC(C)CCCCCNc1ccc(N)cc1. The van der Waals surface area contributed by atoms with E-state index in [0.29, 0.717) is 0 Å². The van der Waals surface area contributed by atoms with Crippen LogP contribution in [0.3, 0.4) is 0 Å². The predicted octanol–water partition coefficient (Wildman–Crippen LogP) is 3.90. The molecule has 0 spiro atoms. The molecule has 0 aliphatic rings. The molecule has 16 heavy (non-hydrogen) atoms. The zero-order valence-corrected chi connectivity index (χ0v) is 10.5. The summed E-state index contributed by atoms with van der Waals surface area (Å²) < 4.78 is 0. The lowest BCUT2D eigenvalue weighted by Gasteiger charge is -2.07. The van der Waals surface area contributed by atoms with Crippen LogP contribution in [0.2, 0.25) is 0 Å². The van der Waals surface area contributed by atoms with Crippen LogP contribution >= 0.6 is 0 Å². The van der Waals surface area contributed by atoms with Crippen LogP contribution in [0.15, 0.2) is 24.3 Å². The van der Waals surface area contributed by atoms with Crippen LogP contribution in [0, 0.1) is 5.92 Å². The van der Waals surface area contributed by atoms with E-state index in [2.05, 4.69) is 19.2 Å². The lowest BCUT2D eigenvalue weighted by atomic mass is 10.1. The Kier molecular flexibility index (Phi) is 5.76. The van der Waals surface area contributed by atoms with Gasteiger partial charge in [0.05, 0.1) is 0 Å². The van der Waals surface area contributed by atoms with E-state index >= 15 is 0 Å². The largest absolute Gasteiger partial charge is 0.399 e. The third-order valence-electron chi connectivity index (χ3n) is 2.70. The Labute approximate surface area is 99.2 Å². The third-order valence-corrected chi connectivity index (χ3v) is 2.70. The van der Waals surface area contributed by atoms with Crippen LogP contribution in [0.4, 0.5) is 11.4 Å². The van der Waals surface area contributed by atoms with Gasteiger partial charge in [0.15, 0.2) is 0 Å². The van der Waals surface area contributed by atoms with Crippen molar-refractivity contribution in [3.8, 4) is 0 Å². The Hall–Kier alpha value is -1.18. The third kappa shape index (κ3) is 5.64. The van der Waals surface area contributed by atoms with Crippen molar-refractivity contribution in [3.63, 3.8) is 0 Å². The standard InChI is InChI=1S/C14H24N2/c1-12(2)6-4-3-5-11-16-14-9-7-13(15)8-10-14/h7-10,12,16H,3-6,11,15H2,1-2H3. The summed E-state index contributed by atoms with van der Waals surface area (Å²) in [6.45, 7) is 5.63. The van der Waals surface area contributed by atoms with E-state index in [1.165, 1.54) is 25.7 Å². The normalized spacial score (nSPS) is 10.7. The summed E-state index contributed by atoms with van der Waals surface area (Å²) >= 11 is 0. The highest BCUT2D eigenvalue weighted by Gasteiger charge is 1.95. The second-order valence-electron chi connectivity index (χ2n) is 4.79. The van der Waals surface area contributed by atoms with Crippen molar-refractivity contribution >= 4 is 11.4 Å². The summed E-state index contributed by atoms with van der Waals surface area (Å²) in [6, 6.07) is 7.93. The number of hydrogen-bond acceptors (Lipinski definition) is 2. The van der Waals surface area contributed by atoms with Gasteiger partial charge < -0.3 is 11.1 Å². The monoisotopic (exact) mass is 220 g/mol. The fourth-order valence-corrected chi connectivity index (χ4v) is 1.69. The van der Waals surface area contributed by atoms with Gasteiger partial charge in [0.2, 0.25) is 0 Å². The molecule has 0 aromatic heterocycles. The zero-order chi connectivity index (χ0) is 11.8. The molecular formula is C14H24N2. The molecule has 90 valence electrons. The number of nitrogens with two attached hydrogens (primary N) is 1. The predicted molar refractivity (Wildman–Crippen MR) is 72.7 cm³/mol. The quantitative estimate of drug-likeness (QED) is 0.540. The second kappa shape index (κ2) is 7.15. The number of rotatable bonds is 7. The maximum atomic E-state index is 5.62. The van der Waals surface area contributed by atoms with Gasteiger partial charge in [-0.3, -0.25) is 0 Å². The van der Waals surface area contributed by atoms with Gasteiger partial charge in [0.25, 0.3) is 0 Å². The Balaban J connectivity index is 2.05. The Morgan fingerprint density at radius 3 is 2.38 bits per heavy atom. The van der Waals surface area contributed by atoms with E-state index in [1.54, 1.807) is 0 Å². The molecule has 0 heterocycles. The van der Waals surface area contributed by atoms with Crippen molar-refractivity contribution in [2.24, 2.45) is 5.92 Å². The van der Waals surface area contributed by atoms with E-state index in [1.807, 2.05) is 24.3 Å². The summed E-state index contributed by atoms with van der Waals surface area (Å²) in [5.41, 5.74) is 7.61. The molecule has 1 aromatic rings.